The van der Waals surface area contributed by atoms with E-state index in [0.29, 0.717) is 0 Å². The lowest BCUT2D eigenvalue weighted by molar-refractivity contribution is 0.552. The van der Waals surface area contributed by atoms with Crippen LogP contribution in [0.25, 0.3) is 0 Å². The molecule has 0 amide bonds. The number of rotatable bonds is 1. The molecule has 0 aliphatic rings. The summed E-state index contributed by atoms with van der Waals surface area (Å²) in [5.74, 6) is 0. The second-order valence-corrected chi connectivity index (χ2v) is 3.80. The number of hydrogen-bond donors (Lipinski definition) is 1. The van der Waals surface area contributed by atoms with Crippen molar-refractivity contribution in [2.45, 2.75) is 11.8 Å². The number of nitrogens with two attached hydrogens (primary N) is 1. The van der Waals surface area contributed by atoms with Crippen molar-refractivity contribution in [2.75, 3.05) is 5.73 Å². The number of halogens is 1. The van der Waals surface area contributed by atoms with Crippen LogP contribution in [0.1, 0.15) is 5.56 Å². The van der Waals surface area contributed by atoms with Crippen LogP contribution in [0.4, 0.5) is 9.57 Å². The van der Waals surface area contributed by atoms with Crippen LogP contribution in [0.15, 0.2) is 23.1 Å². The summed E-state index contributed by atoms with van der Waals surface area (Å²) in [6.07, 6.45) is 0. The Bertz CT molecular complexity index is 400. The van der Waals surface area contributed by atoms with E-state index in [2.05, 4.69) is 0 Å². The maximum Gasteiger partial charge on any atom is 0.332 e. The van der Waals surface area contributed by atoms with Crippen molar-refractivity contribution in [3.8, 4) is 0 Å². The fourth-order valence-electron chi connectivity index (χ4n) is 0.770. The van der Waals surface area contributed by atoms with Crippen LogP contribution < -0.4 is 5.73 Å². The molecule has 0 fully saturated rings. The van der Waals surface area contributed by atoms with Crippen molar-refractivity contribution in [3.05, 3.63) is 23.8 Å². The van der Waals surface area contributed by atoms with Crippen molar-refractivity contribution in [1.82, 2.24) is 0 Å². The first-order chi connectivity index (χ1) is 5.41. The molecule has 0 saturated heterocycles. The molecule has 0 saturated carbocycles. The van der Waals surface area contributed by atoms with Crippen molar-refractivity contribution >= 4 is 15.9 Å². The molecular weight excluding hydrogens is 181 g/mol. The summed E-state index contributed by atoms with van der Waals surface area (Å²) >= 11 is 0. The second kappa shape index (κ2) is 2.75. The van der Waals surface area contributed by atoms with E-state index in [-0.39, 0.29) is 5.69 Å². The number of aryl methyl sites for hydroxylation is 1. The third-order valence-corrected chi connectivity index (χ3v) is 2.35. The molecule has 0 atom stereocenters. The number of hydrogen-bond acceptors (Lipinski definition) is 3. The van der Waals surface area contributed by atoms with E-state index in [0.717, 1.165) is 11.6 Å². The van der Waals surface area contributed by atoms with Gasteiger partial charge in [0.1, 0.15) is 4.90 Å². The van der Waals surface area contributed by atoms with Gasteiger partial charge in [0.15, 0.2) is 0 Å². The first-order valence-corrected chi connectivity index (χ1v) is 4.60. The predicted molar refractivity (Wildman–Crippen MR) is 43.9 cm³/mol. The first-order valence-electron chi connectivity index (χ1n) is 3.22. The lowest BCUT2D eigenvalue weighted by Gasteiger charge is -2.00. The van der Waals surface area contributed by atoms with Crippen LogP contribution in [0.2, 0.25) is 0 Å². The Hall–Kier alpha value is -1.10. The maximum atomic E-state index is 12.3. The lowest BCUT2D eigenvalue weighted by Crippen LogP contribution is -1.95. The number of benzene rings is 1. The van der Waals surface area contributed by atoms with Crippen LogP contribution in [0.5, 0.6) is 0 Å². The number of anilines is 1. The monoisotopic (exact) mass is 189 g/mol. The molecule has 1 rings (SSSR count). The molecule has 0 aliphatic heterocycles. The summed E-state index contributed by atoms with van der Waals surface area (Å²) in [6, 6.07) is 3.74. The van der Waals surface area contributed by atoms with Crippen molar-refractivity contribution < 1.29 is 12.3 Å². The van der Waals surface area contributed by atoms with Crippen LogP contribution in [0, 0.1) is 6.92 Å². The predicted octanol–water partition coefficient (Wildman–Crippen LogP) is 1.24. The summed E-state index contributed by atoms with van der Waals surface area (Å²) in [5, 5.41) is 0. The molecule has 0 bridgehead atoms. The van der Waals surface area contributed by atoms with Gasteiger partial charge in [0, 0.05) is 5.69 Å². The Morgan fingerprint density at radius 2 is 2.00 bits per heavy atom. The van der Waals surface area contributed by atoms with Crippen molar-refractivity contribution in [1.29, 1.82) is 0 Å². The maximum absolute atomic E-state index is 12.3. The largest absolute Gasteiger partial charge is 0.398 e. The van der Waals surface area contributed by atoms with Gasteiger partial charge in [-0.2, -0.15) is 8.42 Å². The van der Waals surface area contributed by atoms with E-state index in [1.165, 1.54) is 12.1 Å². The normalized spacial score (nSPS) is 11.5. The summed E-state index contributed by atoms with van der Waals surface area (Å²) in [7, 11) is -4.62. The molecule has 0 spiro atoms. The number of nitrogen functional groups attached to an aromatic ring is 1. The van der Waals surface area contributed by atoms with E-state index < -0.39 is 15.1 Å². The average molecular weight is 189 g/mol. The zero-order valence-corrected chi connectivity index (χ0v) is 7.23. The minimum atomic E-state index is -4.62. The fraction of sp³-hybridized carbons (Fsp3) is 0.143. The highest BCUT2D eigenvalue weighted by molar-refractivity contribution is 7.86. The zero-order chi connectivity index (χ0) is 9.35. The SMILES string of the molecule is Cc1ccc(S(=O)(=O)F)cc1N. The molecule has 12 heavy (non-hydrogen) atoms. The molecule has 0 aromatic heterocycles. The molecule has 0 aliphatic carbocycles. The van der Waals surface area contributed by atoms with Crippen LogP contribution in [-0.4, -0.2) is 8.42 Å². The standard InChI is InChI=1S/C7H8FNO2S/c1-5-2-3-6(4-7(5)9)12(8,10)11/h2-4H,9H2,1H3. The van der Waals surface area contributed by atoms with E-state index in [1.807, 2.05) is 0 Å². The van der Waals surface area contributed by atoms with Gasteiger partial charge < -0.3 is 5.73 Å². The fourth-order valence-corrected chi connectivity index (χ4v) is 1.27. The summed E-state index contributed by atoms with van der Waals surface area (Å²) in [6.45, 7) is 1.71. The van der Waals surface area contributed by atoms with E-state index >= 15 is 0 Å². The Labute approximate surface area is 70.2 Å². The third kappa shape index (κ3) is 1.73. The van der Waals surface area contributed by atoms with Crippen molar-refractivity contribution in [3.63, 3.8) is 0 Å². The van der Waals surface area contributed by atoms with Gasteiger partial charge in [0.25, 0.3) is 0 Å². The van der Waals surface area contributed by atoms with E-state index in [1.54, 1.807) is 6.92 Å². The van der Waals surface area contributed by atoms with Gasteiger partial charge >= 0.3 is 10.2 Å². The van der Waals surface area contributed by atoms with Gasteiger partial charge in [-0.05, 0) is 24.6 Å². The molecule has 1 aromatic rings. The van der Waals surface area contributed by atoms with E-state index in [4.69, 9.17) is 5.73 Å². The van der Waals surface area contributed by atoms with E-state index in [9.17, 15) is 12.3 Å². The summed E-state index contributed by atoms with van der Waals surface area (Å²) in [4.78, 5) is -0.398. The third-order valence-electron chi connectivity index (χ3n) is 1.53. The molecule has 0 unspecified atom stereocenters. The van der Waals surface area contributed by atoms with Gasteiger partial charge in [-0.1, -0.05) is 6.07 Å². The highest BCUT2D eigenvalue weighted by Crippen LogP contribution is 2.18. The average Bonchev–Trinajstić information content (AvgIpc) is 1.92. The van der Waals surface area contributed by atoms with Gasteiger partial charge in [0.05, 0.1) is 0 Å². The van der Waals surface area contributed by atoms with Gasteiger partial charge in [-0.3, -0.25) is 0 Å². The molecule has 0 radical (unpaired) electrons. The second-order valence-electron chi connectivity index (χ2n) is 2.46. The topological polar surface area (TPSA) is 60.2 Å². The van der Waals surface area contributed by atoms with Crippen LogP contribution in [0.3, 0.4) is 0 Å². The first kappa shape index (κ1) is 8.99. The molecule has 1 aromatic carbocycles. The Morgan fingerprint density at radius 1 is 1.42 bits per heavy atom. The minimum Gasteiger partial charge on any atom is -0.398 e. The summed E-state index contributed by atoms with van der Waals surface area (Å²) in [5.41, 5.74) is 6.38. The lowest BCUT2D eigenvalue weighted by atomic mass is 10.2. The van der Waals surface area contributed by atoms with Gasteiger partial charge in [0.2, 0.25) is 0 Å². The molecule has 66 valence electrons. The van der Waals surface area contributed by atoms with Crippen LogP contribution >= 0.6 is 0 Å². The zero-order valence-electron chi connectivity index (χ0n) is 6.41. The molecular formula is C7H8FNO2S. The smallest absolute Gasteiger partial charge is 0.332 e. The molecule has 3 nitrogen and oxygen atoms in total. The van der Waals surface area contributed by atoms with Gasteiger partial charge in [-0.15, -0.1) is 3.89 Å². The highest BCUT2D eigenvalue weighted by atomic mass is 32.3. The quantitative estimate of drug-likeness (QED) is 0.534. The molecule has 0 heterocycles. The molecule has 2 N–H and O–H groups in total. The Kier molecular flexibility index (Phi) is 2.06. The van der Waals surface area contributed by atoms with Crippen molar-refractivity contribution in [2.24, 2.45) is 0 Å². The molecule has 5 heteroatoms. The highest BCUT2D eigenvalue weighted by Gasteiger charge is 2.11. The minimum absolute atomic E-state index is 0.272. The summed E-state index contributed by atoms with van der Waals surface area (Å²) < 4.78 is 33.1. The Morgan fingerprint density at radius 3 is 2.42 bits per heavy atom. The van der Waals surface area contributed by atoms with Crippen LogP contribution in [-0.2, 0) is 10.2 Å². The van der Waals surface area contributed by atoms with Gasteiger partial charge in [-0.25, -0.2) is 0 Å². The Balaban J connectivity index is 3.33.